The highest BCUT2D eigenvalue weighted by Gasteiger charge is 2.28. The number of aliphatic carboxylic acids is 1. The SMILES string of the molecule is CC(=O)N1CCc2cc(S(=O)(=O)N[C@H](Cc3ccccc3)C(=O)O)ccc21. The van der Waals surface area contributed by atoms with E-state index < -0.39 is 22.0 Å². The van der Waals surface area contributed by atoms with E-state index in [9.17, 15) is 23.1 Å². The minimum Gasteiger partial charge on any atom is -0.480 e. The molecule has 1 aliphatic heterocycles. The summed E-state index contributed by atoms with van der Waals surface area (Å²) in [7, 11) is -4.02. The van der Waals surface area contributed by atoms with Crippen molar-refractivity contribution < 1.29 is 23.1 Å². The van der Waals surface area contributed by atoms with Gasteiger partial charge < -0.3 is 10.0 Å². The Balaban J connectivity index is 1.83. The van der Waals surface area contributed by atoms with Crippen molar-refractivity contribution in [3.8, 4) is 0 Å². The quantitative estimate of drug-likeness (QED) is 0.782. The van der Waals surface area contributed by atoms with E-state index in [-0.39, 0.29) is 17.2 Å². The smallest absolute Gasteiger partial charge is 0.322 e. The molecule has 2 aromatic carbocycles. The summed E-state index contributed by atoms with van der Waals surface area (Å²) < 4.78 is 27.7. The number of hydrogen-bond donors (Lipinski definition) is 2. The number of nitrogens with zero attached hydrogens (tertiary/aromatic N) is 1. The Bertz CT molecular complexity index is 973. The van der Waals surface area contributed by atoms with E-state index in [1.165, 1.54) is 19.1 Å². The first-order valence-electron chi connectivity index (χ1n) is 8.48. The summed E-state index contributed by atoms with van der Waals surface area (Å²) in [5.74, 6) is -1.34. The van der Waals surface area contributed by atoms with Crippen LogP contribution in [0.15, 0.2) is 53.4 Å². The third-order valence-corrected chi connectivity index (χ3v) is 5.98. The molecule has 27 heavy (non-hydrogen) atoms. The number of carbonyl (C=O) groups excluding carboxylic acids is 1. The highest BCUT2D eigenvalue weighted by Crippen LogP contribution is 2.30. The Morgan fingerprint density at radius 2 is 1.89 bits per heavy atom. The summed E-state index contributed by atoms with van der Waals surface area (Å²) in [6.07, 6.45) is 0.600. The molecule has 0 aromatic heterocycles. The largest absolute Gasteiger partial charge is 0.480 e. The molecule has 0 fully saturated rings. The molecule has 0 radical (unpaired) electrons. The summed E-state index contributed by atoms with van der Waals surface area (Å²) in [6.45, 7) is 1.97. The van der Waals surface area contributed by atoms with Crippen LogP contribution >= 0.6 is 0 Å². The first kappa shape index (κ1) is 19.1. The number of amides is 1. The third kappa shape index (κ3) is 4.17. The average Bonchev–Trinajstić information content (AvgIpc) is 3.05. The number of carboxylic acids is 1. The molecule has 0 aliphatic carbocycles. The van der Waals surface area contributed by atoms with Gasteiger partial charge in [0.25, 0.3) is 0 Å². The second-order valence-corrected chi connectivity index (χ2v) is 8.13. The number of carboxylic acid groups (broad SMARTS) is 1. The summed E-state index contributed by atoms with van der Waals surface area (Å²) >= 11 is 0. The fourth-order valence-electron chi connectivity index (χ4n) is 3.16. The van der Waals surface area contributed by atoms with Crippen LogP contribution in [-0.4, -0.2) is 38.0 Å². The zero-order valence-corrected chi connectivity index (χ0v) is 15.6. The van der Waals surface area contributed by atoms with Crippen molar-refractivity contribution in [3.05, 3.63) is 59.7 Å². The van der Waals surface area contributed by atoms with Crippen molar-refractivity contribution in [1.29, 1.82) is 0 Å². The number of fused-ring (bicyclic) bond motifs is 1. The van der Waals surface area contributed by atoms with Crippen LogP contribution in [-0.2, 0) is 32.5 Å². The maximum atomic E-state index is 12.7. The van der Waals surface area contributed by atoms with Crippen LogP contribution in [0.4, 0.5) is 5.69 Å². The maximum Gasteiger partial charge on any atom is 0.322 e. The van der Waals surface area contributed by atoms with Crippen molar-refractivity contribution in [3.63, 3.8) is 0 Å². The zero-order valence-electron chi connectivity index (χ0n) is 14.8. The summed E-state index contributed by atoms with van der Waals surface area (Å²) in [5, 5.41) is 9.42. The first-order valence-corrected chi connectivity index (χ1v) is 9.96. The molecular formula is C19H20N2O5S. The van der Waals surface area contributed by atoms with Gasteiger partial charge in [0.15, 0.2) is 0 Å². The molecule has 1 amide bonds. The normalized spacial score (nSPS) is 14.6. The lowest BCUT2D eigenvalue weighted by Gasteiger charge is -2.17. The summed E-state index contributed by atoms with van der Waals surface area (Å²) in [5.41, 5.74) is 2.17. The molecule has 2 N–H and O–H groups in total. The first-order chi connectivity index (χ1) is 12.8. The highest BCUT2D eigenvalue weighted by molar-refractivity contribution is 7.89. The molecule has 0 unspecified atom stereocenters. The van der Waals surface area contributed by atoms with Crippen LogP contribution in [0.1, 0.15) is 18.1 Å². The Labute approximate surface area is 157 Å². The lowest BCUT2D eigenvalue weighted by Crippen LogP contribution is -2.42. The molecule has 2 aromatic rings. The fraction of sp³-hybridized carbons (Fsp3) is 0.263. The van der Waals surface area contributed by atoms with Gasteiger partial charge in [-0.25, -0.2) is 8.42 Å². The molecule has 3 rings (SSSR count). The Morgan fingerprint density at radius 1 is 1.19 bits per heavy atom. The van der Waals surface area contributed by atoms with Gasteiger partial charge in [-0.2, -0.15) is 4.72 Å². The third-order valence-electron chi connectivity index (χ3n) is 4.52. The number of anilines is 1. The number of carbonyl (C=O) groups is 2. The molecular weight excluding hydrogens is 368 g/mol. The van der Waals surface area contributed by atoms with Crippen molar-refractivity contribution in [2.75, 3.05) is 11.4 Å². The van der Waals surface area contributed by atoms with Gasteiger partial charge in [0, 0.05) is 19.2 Å². The predicted octanol–water partition coefficient (Wildman–Crippen LogP) is 1.57. The number of sulfonamides is 1. The predicted molar refractivity (Wildman–Crippen MR) is 100 cm³/mol. The summed E-state index contributed by atoms with van der Waals surface area (Å²) in [6, 6.07) is 12.0. The van der Waals surface area contributed by atoms with Gasteiger partial charge in [-0.05, 0) is 42.2 Å². The van der Waals surface area contributed by atoms with E-state index in [2.05, 4.69) is 4.72 Å². The monoisotopic (exact) mass is 388 g/mol. The number of nitrogens with one attached hydrogen (secondary N) is 1. The van der Waals surface area contributed by atoms with Crippen molar-refractivity contribution in [2.45, 2.75) is 30.7 Å². The average molecular weight is 388 g/mol. The number of rotatable bonds is 6. The fourth-order valence-corrected chi connectivity index (χ4v) is 4.40. The molecule has 0 saturated carbocycles. The molecule has 1 aliphatic rings. The Hall–Kier alpha value is -2.71. The number of hydrogen-bond acceptors (Lipinski definition) is 4. The lowest BCUT2D eigenvalue weighted by molar-refractivity contribution is -0.138. The molecule has 0 saturated heterocycles. The molecule has 1 atom stereocenters. The van der Waals surface area contributed by atoms with Gasteiger partial charge >= 0.3 is 5.97 Å². The Kier molecular flexibility index (Phi) is 5.29. The minimum absolute atomic E-state index is 0.00837. The second kappa shape index (κ2) is 7.50. The van der Waals surface area contributed by atoms with Gasteiger partial charge in [-0.3, -0.25) is 9.59 Å². The van der Waals surface area contributed by atoms with E-state index in [4.69, 9.17) is 0 Å². The van der Waals surface area contributed by atoms with E-state index in [1.54, 1.807) is 41.3 Å². The van der Waals surface area contributed by atoms with Crippen molar-refractivity contribution in [1.82, 2.24) is 4.72 Å². The van der Waals surface area contributed by atoms with E-state index >= 15 is 0 Å². The molecule has 1 heterocycles. The van der Waals surface area contributed by atoms with Crippen LogP contribution < -0.4 is 9.62 Å². The van der Waals surface area contributed by atoms with Crippen LogP contribution in [0.25, 0.3) is 0 Å². The van der Waals surface area contributed by atoms with E-state index in [0.29, 0.717) is 18.7 Å². The lowest BCUT2D eigenvalue weighted by atomic mass is 10.1. The van der Waals surface area contributed by atoms with Crippen LogP contribution in [0.2, 0.25) is 0 Å². The molecule has 7 nitrogen and oxygen atoms in total. The van der Waals surface area contributed by atoms with E-state index in [1.807, 2.05) is 0 Å². The van der Waals surface area contributed by atoms with Gasteiger partial charge in [-0.15, -0.1) is 0 Å². The molecule has 8 heteroatoms. The van der Waals surface area contributed by atoms with Gasteiger partial charge in [0.1, 0.15) is 6.04 Å². The van der Waals surface area contributed by atoms with Crippen molar-refractivity contribution >= 4 is 27.6 Å². The van der Waals surface area contributed by atoms with Crippen molar-refractivity contribution in [2.24, 2.45) is 0 Å². The molecule has 142 valence electrons. The summed E-state index contributed by atoms with van der Waals surface area (Å²) in [4.78, 5) is 24.7. The van der Waals surface area contributed by atoms with E-state index in [0.717, 1.165) is 11.1 Å². The van der Waals surface area contributed by atoms with Gasteiger partial charge in [0.05, 0.1) is 4.90 Å². The highest BCUT2D eigenvalue weighted by atomic mass is 32.2. The van der Waals surface area contributed by atoms with Crippen LogP contribution in [0.3, 0.4) is 0 Å². The molecule has 0 bridgehead atoms. The molecule has 0 spiro atoms. The topological polar surface area (TPSA) is 104 Å². The maximum absolute atomic E-state index is 12.7. The second-order valence-electron chi connectivity index (χ2n) is 6.41. The Morgan fingerprint density at radius 3 is 2.52 bits per heavy atom. The van der Waals surface area contributed by atoms with Gasteiger partial charge in [0.2, 0.25) is 15.9 Å². The number of benzene rings is 2. The van der Waals surface area contributed by atoms with Gasteiger partial charge in [-0.1, -0.05) is 30.3 Å². The standard InChI is InChI=1S/C19H20N2O5S/c1-13(22)21-10-9-15-12-16(7-8-18(15)21)27(25,26)20-17(19(23)24)11-14-5-3-2-4-6-14/h2-8,12,17,20H,9-11H2,1H3,(H,23,24)/t17-/m1/s1. The minimum atomic E-state index is -4.02. The van der Waals surface area contributed by atoms with Crippen LogP contribution in [0, 0.1) is 0 Å². The zero-order chi connectivity index (χ0) is 19.6. The van der Waals surface area contributed by atoms with Crippen LogP contribution in [0.5, 0.6) is 0 Å².